The first kappa shape index (κ1) is 9.55. The van der Waals surface area contributed by atoms with Crippen molar-refractivity contribution in [1.29, 1.82) is 0 Å². The lowest BCUT2D eigenvalue weighted by molar-refractivity contribution is 1.11. The Morgan fingerprint density at radius 1 is 1.43 bits per heavy atom. The van der Waals surface area contributed by atoms with E-state index in [0.717, 1.165) is 11.3 Å². The molecule has 0 aromatic carbocycles. The molecule has 0 bridgehead atoms. The van der Waals surface area contributed by atoms with Crippen LogP contribution in [0.3, 0.4) is 0 Å². The van der Waals surface area contributed by atoms with Gasteiger partial charge in [-0.05, 0) is 43.1 Å². The van der Waals surface area contributed by atoms with Gasteiger partial charge in [-0.2, -0.15) is 0 Å². The molecule has 4 heteroatoms. The van der Waals surface area contributed by atoms with E-state index in [1.807, 2.05) is 13.1 Å². The Bertz CT molecular complexity index is 511. The van der Waals surface area contributed by atoms with Crippen molar-refractivity contribution in [1.82, 2.24) is 9.97 Å². The molecule has 0 atom stereocenters. The third kappa shape index (κ3) is 1.63. The second kappa shape index (κ2) is 3.63. The number of H-pyrrole nitrogens is 1. The lowest BCUT2D eigenvalue weighted by atomic mass is 10.1. The lowest BCUT2D eigenvalue weighted by Gasteiger charge is -2.03. The molecule has 0 radical (unpaired) electrons. The molecule has 2 aromatic heterocycles. The van der Waals surface area contributed by atoms with E-state index >= 15 is 0 Å². The maximum absolute atomic E-state index is 5.01. The Morgan fingerprint density at radius 2 is 2.21 bits per heavy atom. The van der Waals surface area contributed by atoms with E-state index in [0.29, 0.717) is 4.77 Å². The van der Waals surface area contributed by atoms with E-state index < -0.39 is 0 Å². The van der Waals surface area contributed by atoms with Gasteiger partial charge in [-0.15, -0.1) is 11.3 Å². The zero-order valence-corrected chi connectivity index (χ0v) is 9.63. The molecule has 0 aliphatic heterocycles. The predicted octanol–water partition coefficient (Wildman–Crippen LogP) is 3.48. The first-order valence-electron chi connectivity index (χ1n) is 4.29. The first-order valence-corrected chi connectivity index (χ1v) is 5.57. The summed E-state index contributed by atoms with van der Waals surface area (Å²) in [7, 11) is 0. The van der Waals surface area contributed by atoms with E-state index in [-0.39, 0.29) is 0 Å². The van der Waals surface area contributed by atoms with Crippen molar-refractivity contribution < 1.29 is 0 Å². The third-order valence-electron chi connectivity index (χ3n) is 2.13. The molecule has 0 unspecified atom stereocenters. The van der Waals surface area contributed by atoms with Gasteiger partial charge in [0.15, 0.2) is 4.77 Å². The van der Waals surface area contributed by atoms with E-state index in [1.54, 1.807) is 11.3 Å². The Labute approximate surface area is 91.7 Å². The van der Waals surface area contributed by atoms with Crippen LogP contribution < -0.4 is 0 Å². The van der Waals surface area contributed by atoms with Crippen LogP contribution in [0.2, 0.25) is 0 Å². The fourth-order valence-corrected chi connectivity index (χ4v) is 2.24. The number of thiophene rings is 1. The molecule has 0 saturated heterocycles. The zero-order chi connectivity index (χ0) is 10.1. The van der Waals surface area contributed by atoms with Gasteiger partial charge in [-0.1, -0.05) is 0 Å². The lowest BCUT2D eigenvalue weighted by Crippen LogP contribution is -1.90. The molecular formula is C10H10N2S2. The summed E-state index contributed by atoms with van der Waals surface area (Å²) in [6.07, 6.45) is 1.81. The fourth-order valence-electron chi connectivity index (χ4n) is 1.38. The highest BCUT2D eigenvalue weighted by molar-refractivity contribution is 7.71. The van der Waals surface area contributed by atoms with E-state index in [4.69, 9.17) is 12.2 Å². The van der Waals surface area contributed by atoms with Crippen molar-refractivity contribution in [3.63, 3.8) is 0 Å². The standard InChI is InChI=1S/C10H10N2S2/c1-6-5-11-10(13)12-9(6)8-3-4-14-7(8)2/h3-5H,1-2H3,(H,11,12,13). The number of hydrogen-bond acceptors (Lipinski definition) is 3. The van der Waals surface area contributed by atoms with Crippen molar-refractivity contribution in [3.05, 3.63) is 32.9 Å². The van der Waals surface area contributed by atoms with Gasteiger partial charge in [0.05, 0.1) is 5.69 Å². The molecule has 0 aliphatic rings. The maximum atomic E-state index is 5.01. The molecule has 1 N–H and O–H groups in total. The summed E-state index contributed by atoms with van der Waals surface area (Å²) >= 11 is 6.75. The number of aromatic nitrogens is 2. The molecule has 0 spiro atoms. The highest BCUT2D eigenvalue weighted by atomic mass is 32.1. The van der Waals surface area contributed by atoms with Crippen LogP contribution in [0, 0.1) is 18.6 Å². The van der Waals surface area contributed by atoms with Gasteiger partial charge in [-0.25, -0.2) is 4.98 Å². The van der Waals surface area contributed by atoms with E-state index in [9.17, 15) is 0 Å². The van der Waals surface area contributed by atoms with Crippen LogP contribution in [0.15, 0.2) is 17.6 Å². The quantitative estimate of drug-likeness (QED) is 0.748. The van der Waals surface area contributed by atoms with E-state index in [2.05, 4.69) is 28.3 Å². The minimum absolute atomic E-state index is 0.538. The summed E-state index contributed by atoms with van der Waals surface area (Å²) < 4.78 is 0.538. The van der Waals surface area contributed by atoms with Crippen LogP contribution in [0.5, 0.6) is 0 Å². The second-order valence-corrected chi connectivity index (χ2v) is 4.64. The molecular weight excluding hydrogens is 212 g/mol. The van der Waals surface area contributed by atoms with Gasteiger partial charge < -0.3 is 4.98 Å². The average molecular weight is 222 g/mol. The van der Waals surface area contributed by atoms with Gasteiger partial charge in [0.25, 0.3) is 0 Å². The van der Waals surface area contributed by atoms with Crippen LogP contribution in [-0.2, 0) is 0 Å². The number of nitrogens with one attached hydrogen (secondary N) is 1. The molecule has 72 valence electrons. The number of nitrogens with zero attached hydrogens (tertiary/aromatic N) is 1. The molecule has 2 heterocycles. The SMILES string of the molecule is Cc1cnc(=S)[nH]c1-c1ccsc1C. The molecule has 2 rings (SSSR count). The summed E-state index contributed by atoms with van der Waals surface area (Å²) in [4.78, 5) is 8.47. The van der Waals surface area contributed by atoms with Gasteiger partial charge in [0.1, 0.15) is 0 Å². The number of rotatable bonds is 1. The topological polar surface area (TPSA) is 28.7 Å². The smallest absolute Gasteiger partial charge is 0.197 e. The first-order chi connectivity index (χ1) is 6.68. The van der Waals surface area contributed by atoms with Crippen molar-refractivity contribution in [2.45, 2.75) is 13.8 Å². The van der Waals surface area contributed by atoms with Crippen LogP contribution >= 0.6 is 23.6 Å². The molecule has 0 aliphatic carbocycles. The third-order valence-corrected chi connectivity index (χ3v) is 3.18. The Morgan fingerprint density at radius 3 is 2.86 bits per heavy atom. The Balaban J connectivity index is 2.68. The molecule has 2 nitrogen and oxygen atoms in total. The minimum Gasteiger partial charge on any atom is -0.330 e. The molecule has 2 aromatic rings. The van der Waals surface area contributed by atoms with Crippen molar-refractivity contribution in [2.24, 2.45) is 0 Å². The molecule has 14 heavy (non-hydrogen) atoms. The summed E-state index contributed by atoms with van der Waals surface area (Å²) in [6.45, 7) is 4.14. The highest BCUT2D eigenvalue weighted by Gasteiger charge is 2.06. The van der Waals surface area contributed by atoms with Crippen molar-refractivity contribution in [3.8, 4) is 11.3 Å². The number of hydrogen-bond donors (Lipinski definition) is 1. The van der Waals surface area contributed by atoms with Crippen LogP contribution in [0.25, 0.3) is 11.3 Å². The summed E-state index contributed by atoms with van der Waals surface area (Å²) in [5.74, 6) is 0. The average Bonchev–Trinajstić information content (AvgIpc) is 2.56. The maximum Gasteiger partial charge on any atom is 0.197 e. The minimum atomic E-state index is 0.538. The Kier molecular flexibility index (Phi) is 2.48. The molecule has 0 amide bonds. The largest absolute Gasteiger partial charge is 0.330 e. The normalized spacial score (nSPS) is 10.4. The summed E-state index contributed by atoms with van der Waals surface area (Å²) in [5.41, 5.74) is 3.44. The Hall–Kier alpha value is -1.00. The van der Waals surface area contributed by atoms with Crippen LogP contribution in [0.1, 0.15) is 10.4 Å². The monoisotopic (exact) mass is 222 g/mol. The van der Waals surface area contributed by atoms with Gasteiger partial charge >= 0.3 is 0 Å². The van der Waals surface area contributed by atoms with Crippen molar-refractivity contribution >= 4 is 23.6 Å². The van der Waals surface area contributed by atoms with Gasteiger partial charge in [-0.3, -0.25) is 0 Å². The van der Waals surface area contributed by atoms with Crippen LogP contribution in [0.4, 0.5) is 0 Å². The summed E-state index contributed by atoms with van der Waals surface area (Å²) in [6, 6.07) is 2.10. The van der Waals surface area contributed by atoms with Gasteiger partial charge in [0, 0.05) is 16.6 Å². The van der Waals surface area contributed by atoms with Crippen molar-refractivity contribution in [2.75, 3.05) is 0 Å². The molecule has 0 saturated carbocycles. The predicted molar refractivity (Wildman–Crippen MR) is 62.2 cm³/mol. The van der Waals surface area contributed by atoms with Crippen LogP contribution in [-0.4, -0.2) is 9.97 Å². The van der Waals surface area contributed by atoms with E-state index in [1.165, 1.54) is 10.4 Å². The number of aromatic amines is 1. The molecule has 0 fully saturated rings. The zero-order valence-electron chi connectivity index (χ0n) is 8.00. The number of aryl methyl sites for hydroxylation is 2. The van der Waals surface area contributed by atoms with Gasteiger partial charge in [0.2, 0.25) is 0 Å². The fraction of sp³-hybridized carbons (Fsp3) is 0.200. The highest BCUT2D eigenvalue weighted by Crippen LogP contribution is 2.27. The summed E-state index contributed by atoms with van der Waals surface area (Å²) in [5, 5.41) is 2.08. The second-order valence-electron chi connectivity index (χ2n) is 3.14.